The van der Waals surface area contributed by atoms with E-state index in [-0.39, 0.29) is 24.2 Å². The van der Waals surface area contributed by atoms with Crippen molar-refractivity contribution in [3.8, 4) is 0 Å². The number of carbonyl (C=O) groups excluding carboxylic acids is 2. The van der Waals surface area contributed by atoms with E-state index >= 15 is 0 Å². The number of nitrogens with zero attached hydrogens (tertiary/aromatic N) is 2. The SMILES string of the molecule is C[C@H](C(=O)NCCN1CCOCC1)N(Cc1ccc(F)cc1)C(=O)CCc1ccccc1. The van der Waals surface area contributed by atoms with Gasteiger partial charge < -0.3 is 15.0 Å². The summed E-state index contributed by atoms with van der Waals surface area (Å²) in [6, 6.07) is 15.2. The van der Waals surface area contributed by atoms with Crippen LogP contribution in [0.3, 0.4) is 0 Å². The summed E-state index contributed by atoms with van der Waals surface area (Å²) in [5.74, 6) is -0.618. The normalized spacial score (nSPS) is 15.2. The van der Waals surface area contributed by atoms with E-state index in [2.05, 4.69) is 10.2 Å². The maximum atomic E-state index is 13.3. The minimum absolute atomic E-state index is 0.103. The van der Waals surface area contributed by atoms with Crippen LogP contribution in [0.15, 0.2) is 54.6 Å². The Balaban J connectivity index is 1.60. The van der Waals surface area contributed by atoms with Gasteiger partial charge in [0, 0.05) is 39.1 Å². The Morgan fingerprint density at radius 3 is 2.44 bits per heavy atom. The molecule has 2 aromatic rings. The number of hydrogen-bond acceptors (Lipinski definition) is 4. The standard InChI is InChI=1S/C25H32FN3O3/c1-20(25(31)27-13-14-28-15-17-32-18-16-28)29(19-22-7-10-23(26)11-8-22)24(30)12-9-21-5-3-2-4-6-21/h2-8,10-11,20H,9,12-19H2,1H3,(H,27,31)/t20-/m1/s1. The van der Waals surface area contributed by atoms with E-state index in [1.807, 2.05) is 30.3 Å². The van der Waals surface area contributed by atoms with Gasteiger partial charge in [-0.05, 0) is 36.6 Å². The molecule has 32 heavy (non-hydrogen) atoms. The highest BCUT2D eigenvalue weighted by Crippen LogP contribution is 2.14. The first-order valence-corrected chi connectivity index (χ1v) is 11.2. The lowest BCUT2D eigenvalue weighted by Crippen LogP contribution is -2.49. The van der Waals surface area contributed by atoms with E-state index in [0.717, 1.165) is 30.8 Å². The molecule has 0 aliphatic carbocycles. The lowest BCUT2D eigenvalue weighted by atomic mass is 10.1. The van der Waals surface area contributed by atoms with Gasteiger partial charge in [0.1, 0.15) is 11.9 Å². The number of ether oxygens (including phenoxy) is 1. The quantitative estimate of drug-likeness (QED) is 0.616. The number of rotatable bonds is 10. The van der Waals surface area contributed by atoms with Crippen LogP contribution >= 0.6 is 0 Å². The average Bonchev–Trinajstić information content (AvgIpc) is 2.83. The fraction of sp³-hybridized carbons (Fsp3) is 0.440. The van der Waals surface area contributed by atoms with E-state index in [4.69, 9.17) is 4.74 Å². The number of aryl methyl sites for hydroxylation is 1. The molecule has 1 saturated heterocycles. The van der Waals surface area contributed by atoms with E-state index < -0.39 is 6.04 Å². The molecule has 7 heteroatoms. The van der Waals surface area contributed by atoms with Crippen molar-refractivity contribution in [2.45, 2.75) is 32.4 Å². The molecule has 1 N–H and O–H groups in total. The number of halogens is 1. The zero-order chi connectivity index (χ0) is 22.8. The van der Waals surface area contributed by atoms with Gasteiger partial charge in [-0.2, -0.15) is 0 Å². The Hall–Kier alpha value is -2.77. The monoisotopic (exact) mass is 441 g/mol. The van der Waals surface area contributed by atoms with Crippen LogP contribution in [0, 0.1) is 5.82 Å². The van der Waals surface area contributed by atoms with Crippen molar-refractivity contribution in [2.75, 3.05) is 39.4 Å². The molecule has 1 aliphatic heterocycles. The summed E-state index contributed by atoms with van der Waals surface area (Å²) in [6.45, 7) is 6.42. The van der Waals surface area contributed by atoms with Crippen molar-refractivity contribution in [1.82, 2.24) is 15.1 Å². The van der Waals surface area contributed by atoms with Gasteiger partial charge in [0.15, 0.2) is 0 Å². The number of carbonyl (C=O) groups is 2. The zero-order valence-corrected chi connectivity index (χ0v) is 18.6. The summed E-state index contributed by atoms with van der Waals surface area (Å²) in [7, 11) is 0. The molecule has 0 radical (unpaired) electrons. The Kier molecular flexibility index (Phi) is 9.19. The highest BCUT2D eigenvalue weighted by molar-refractivity contribution is 5.87. The Morgan fingerprint density at radius 2 is 1.75 bits per heavy atom. The maximum Gasteiger partial charge on any atom is 0.242 e. The summed E-state index contributed by atoms with van der Waals surface area (Å²) >= 11 is 0. The number of nitrogens with one attached hydrogen (secondary N) is 1. The minimum atomic E-state index is -0.631. The summed E-state index contributed by atoms with van der Waals surface area (Å²) in [6.07, 6.45) is 0.904. The van der Waals surface area contributed by atoms with Crippen LogP contribution in [0.2, 0.25) is 0 Å². The lowest BCUT2D eigenvalue weighted by Gasteiger charge is -2.30. The number of hydrogen-bond donors (Lipinski definition) is 1. The van der Waals surface area contributed by atoms with Crippen molar-refractivity contribution in [2.24, 2.45) is 0 Å². The van der Waals surface area contributed by atoms with Gasteiger partial charge in [-0.25, -0.2) is 4.39 Å². The lowest BCUT2D eigenvalue weighted by molar-refractivity contribution is -0.140. The Bertz CT molecular complexity index is 854. The molecule has 0 unspecified atom stereocenters. The second kappa shape index (κ2) is 12.3. The maximum absolute atomic E-state index is 13.3. The molecule has 0 aromatic heterocycles. The molecule has 1 fully saturated rings. The van der Waals surface area contributed by atoms with E-state index in [1.165, 1.54) is 12.1 Å². The third kappa shape index (κ3) is 7.43. The van der Waals surface area contributed by atoms with Gasteiger partial charge in [0.2, 0.25) is 11.8 Å². The largest absolute Gasteiger partial charge is 0.379 e. The topological polar surface area (TPSA) is 61.9 Å². The third-order valence-corrected chi connectivity index (χ3v) is 5.73. The summed E-state index contributed by atoms with van der Waals surface area (Å²) in [5.41, 5.74) is 1.86. The van der Waals surface area contributed by atoms with Crippen LogP contribution in [0.4, 0.5) is 4.39 Å². The van der Waals surface area contributed by atoms with Crippen LogP contribution < -0.4 is 5.32 Å². The van der Waals surface area contributed by atoms with Crippen LogP contribution in [-0.4, -0.2) is 67.0 Å². The molecule has 2 aromatic carbocycles. The van der Waals surface area contributed by atoms with Crippen LogP contribution in [-0.2, 0) is 27.3 Å². The first-order valence-electron chi connectivity index (χ1n) is 11.2. The van der Waals surface area contributed by atoms with Crippen molar-refractivity contribution >= 4 is 11.8 Å². The van der Waals surface area contributed by atoms with Crippen molar-refractivity contribution in [3.63, 3.8) is 0 Å². The molecule has 0 bridgehead atoms. The van der Waals surface area contributed by atoms with Crippen LogP contribution in [0.25, 0.3) is 0 Å². The molecule has 6 nitrogen and oxygen atoms in total. The second-order valence-electron chi connectivity index (χ2n) is 8.05. The second-order valence-corrected chi connectivity index (χ2v) is 8.05. The molecule has 2 amide bonds. The summed E-state index contributed by atoms with van der Waals surface area (Å²) in [5, 5.41) is 2.96. The number of amides is 2. The average molecular weight is 442 g/mol. The van der Waals surface area contributed by atoms with Crippen molar-refractivity contribution in [3.05, 3.63) is 71.5 Å². The van der Waals surface area contributed by atoms with Crippen molar-refractivity contribution < 1.29 is 18.7 Å². The van der Waals surface area contributed by atoms with E-state index in [0.29, 0.717) is 32.6 Å². The van der Waals surface area contributed by atoms with Gasteiger partial charge in [0.25, 0.3) is 0 Å². The molecule has 1 aliphatic rings. The van der Waals surface area contributed by atoms with Crippen LogP contribution in [0.1, 0.15) is 24.5 Å². The van der Waals surface area contributed by atoms with Gasteiger partial charge in [-0.3, -0.25) is 14.5 Å². The van der Waals surface area contributed by atoms with E-state index in [9.17, 15) is 14.0 Å². The molecule has 172 valence electrons. The molecule has 1 heterocycles. The smallest absolute Gasteiger partial charge is 0.242 e. The minimum Gasteiger partial charge on any atom is -0.379 e. The van der Waals surface area contributed by atoms with Gasteiger partial charge in [-0.1, -0.05) is 42.5 Å². The Morgan fingerprint density at radius 1 is 1.06 bits per heavy atom. The fourth-order valence-electron chi connectivity index (χ4n) is 3.72. The third-order valence-electron chi connectivity index (χ3n) is 5.73. The summed E-state index contributed by atoms with van der Waals surface area (Å²) in [4.78, 5) is 29.8. The highest BCUT2D eigenvalue weighted by Gasteiger charge is 2.26. The first kappa shape index (κ1) is 23.9. The van der Waals surface area contributed by atoms with Gasteiger partial charge in [0.05, 0.1) is 13.2 Å². The number of benzene rings is 2. The Labute approximate surface area is 189 Å². The zero-order valence-electron chi connectivity index (χ0n) is 18.6. The van der Waals surface area contributed by atoms with Crippen molar-refractivity contribution in [1.29, 1.82) is 0 Å². The fourth-order valence-corrected chi connectivity index (χ4v) is 3.72. The molecule has 3 rings (SSSR count). The first-order chi connectivity index (χ1) is 15.5. The highest BCUT2D eigenvalue weighted by atomic mass is 19.1. The van der Waals surface area contributed by atoms with E-state index in [1.54, 1.807) is 24.0 Å². The van der Waals surface area contributed by atoms with Gasteiger partial charge >= 0.3 is 0 Å². The molecule has 0 saturated carbocycles. The number of morpholine rings is 1. The predicted molar refractivity (Wildman–Crippen MR) is 121 cm³/mol. The molecule has 0 spiro atoms. The molecular formula is C25H32FN3O3. The molecule has 1 atom stereocenters. The van der Waals surface area contributed by atoms with Crippen LogP contribution in [0.5, 0.6) is 0 Å². The van der Waals surface area contributed by atoms with Gasteiger partial charge in [-0.15, -0.1) is 0 Å². The molecular weight excluding hydrogens is 409 g/mol. The predicted octanol–water partition coefficient (Wildman–Crippen LogP) is 2.62. The summed E-state index contributed by atoms with van der Waals surface area (Å²) < 4.78 is 18.7.